The van der Waals surface area contributed by atoms with Crippen LogP contribution >= 0.6 is 0 Å². The molecule has 11 aromatic rings. The Hall–Kier alpha value is -10.7. The largest absolute Gasteiger partial charge is 0.355 e. The van der Waals surface area contributed by atoms with E-state index >= 15 is 0 Å². The van der Waals surface area contributed by atoms with E-state index in [9.17, 15) is 0 Å². The lowest BCUT2D eigenvalue weighted by molar-refractivity contribution is 1.29. The average Bonchev–Trinajstić information content (AvgIpc) is 4.40. The fraction of sp³-hybridized carbons (Fsp3) is 0.0278. The number of benzene rings is 5. The minimum absolute atomic E-state index is 0.773. The molecule has 0 saturated heterocycles. The first-order valence-electron chi connectivity index (χ1n) is 27.0. The second-order valence-corrected chi connectivity index (χ2v) is 20.7. The highest BCUT2D eigenvalue weighted by Crippen LogP contribution is 2.42. The Labute approximate surface area is 461 Å². The number of aromatic nitrogens is 8. The van der Waals surface area contributed by atoms with Crippen LogP contribution in [-0.2, 0) is 0 Å². The number of hydrogen-bond donors (Lipinski definition) is 4. The first-order chi connectivity index (χ1) is 39.4. The van der Waals surface area contributed by atoms with Crippen molar-refractivity contribution < 1.29 is 0 Å². The highest BCUT2D eigenvalue weighted by atomic mass is 14.8. The molecular formula is C72H50N8. The number of nitrogens with zero attached hydrogens (tertiary/aromatic N) is 4. The molecule has 4 aliphatic heterocycles. The van der Waals surface area contributed by atoms with Crippen molar-refractivity contribution in [2.24, 2.45) is 0 Å². The fourth-order valence-corrected chi connectivity index (χ4v) is 11.6. The summed E-state index contributed by atoms with van der Waals surface area (Å²) in [6, 6.07) is 68.4. The van der Waals surface area contributed by atoms with Gasteiger partial charge in [0.25, 0.3) is 0 Å². The van der Waals surface area contributed by atoms with Crippen LogP contribution in [0.25, 0.3) is 160 Å². The minimum atomic E-state index is 0.773. The van der Waals surface area contributed by atoms with Crippen LogP contribution in [-0.4, -0.2) is 39.9 Å². The summed E-state index contributed by atoms with van der Waals surface area (Å²) in [5.74, 6) is 0. The molecule has 10 heterocycles. The van der Waals surface area contributed by atoms with Gasteiger partial charge in [-0.3, -0.25) is 0 Å². The second-order valence-electron chi connectivity index (χ2n) is 20.7. The summed E-state index contributed by atoms with van der Waals surface area (Å²) in [4.78, 5) is 38.0. The lowest BCUT2D eigenvalue weighted by Crippen LogP contribution is -1.92. The van der Waals surface area contributed by atoms with Gasteiger partial charge in [-0.05, 0) is 145 Å². The Morgan fingerprint density at radius 1 is 0.237 bits per heavy atom. The van der Waals surface area contributed by atoms with Gasteiger partial charge in [-0.15, -0.1) is 0 Å². The molecule has 80 heavy (non-hydrogen) atoms. The van der Waals surface area contributed by atoms with Gasteiger partial charge in [0.1, 0.15) is 0 Å². The molecule has 6 aromatic heterocycles. The maximum Gasteiger partial charge on any atom is 0.0738 e. The molecule has 0 saturated carbocycles. The number of H-pyrrole nitrogens is 4. The van der Waals surface area contributed by atoms with Crippen LogP contribution < -0.4 is 0 Å². The first-order valence-corrected chi connectivity index (χ1v) is 27.0. The van der Waals surface area contributed by atoms with Gasteiger partial charge in [-0.25, -0.2) is 19.9 Å². The van der Waals surface area contributed by atoms with Crippen LogP contribution in [0.5, 0.6) is 0 Å². The molecule has 4 aliphatic rings. The Balaban J connectivity index is 1.13. The molecule has 8 nitrogen and oxygen atoms in total. The van der Waals surface area contributed by atoms with Crippen molar-refractivity contribution in [3.8, 4) is 66.8 Å². The Kier molecular flexibility index (Phi) is 11.1. The zero-order valence-corrected chi connectivity index (χ0v) is 43.9. The number of hydrogen-bond acceptors (Lipinski definition) is 4. The zero-order chi connectivity index (χ0) is 53.3. The maximum absolute atomic E-state index is 5.75. The van der Waals surface area contributed by atoms with E-state index in [1.807, 2.05) is 0 Å². The third-order valence-electron chi connectivity index (χ3n) is 15.4. The van der Waals surface area contributed by atoms with Gasteiger partial charge in [0.2, 0.25) is 0 Å². The number of aromatic amines is 4. The highest BCUT2D eigenvalue weighted by Gasteiger charge is 2.23. The lowest BCUT2D eigenvalue weighted by Gasteiger charge is -2.08. The molecule has 0 unspecified atom stereocenters. The third kappa shape index (κ3) is 8.26. The molecule has 16 bridgehead atoms. The predicted octanol–water partition coefficient (Wildman–Crippen LogP) is 18.2. The molecule has 0 fully saturated rings. The summed E-state index contributed by atoms with van der Waals surface area (Å²) in [6.45, 7) is 4.24. The second kappa shape index (κ2) is 19.1. The van der Waals surface area contributed by atoms with Crippen LogP contribution in [0.2, 0.25) is 0 Å². The molecule has 15 rings (SSSR count). The maximum atomic E-state index is 5.75. The van der Waals surface area contributed by atoms with E-state index in [-0.39, 0.29) is 0 Å². The topological polar surface area (TPSA) is 115 Å². The van der Waals surface area contributed by atoms with E-state index in [4.69, 9.17) is 19.9 Å². The third-order valence-corrected chi connectivity index (χ3v) is 15.4. The molecule has 5 aromatic carbocycles. The van der Waals surface area contributed by atoms with Gasteiger partial charge < -0.3 is 19.9 Å². The molecule has 378 valence electrons. The summed E-state index contributed by atoms with van der Waals surface area (Å²) < 4.78 is 0. The molecular weight excluding hydrogens is 977 g/mol. The quantitative estimate of drug-likeness (QED) is 0.133. The first kappa shape index (κ1) is 46.6. The van der Waals surface area contributed by atoms with Crippen LogP contribution in [0.15, 0.2) is 194 Å². The van der Waals surface area contributed by atoms with Gasteiger partial charge in [0, 0.05) is 83.1 Å². The molecule has 0 radical (unpaired) electrons. The Bertz CT molecular complexity index is 4720. The van der Waals surface area contributed by atoms with E-state index < -0.39 is 0 Å². The van der Waals surface area contributed by atoms with Crippen LogP contribution in [0.1, 0.15) is 56.7 Å². The van der Waals surface area contributed by atoms with E-state index in [1.165, 1.54) is 11.1 Å². The van der Waals surface area contributed by atoms with Crippen molar-refractivity contribution in [3.63, 3.8) is 0 Å². The SMILES string of the molecule is Cc1ccc(-c2c3nc(c(-c4c5nc(c(-c6ccccc6)c6ccc([nH]6)c(-c6ccccc6)c6nc(c(-c7ccccc7)c7ccc4[nH]7)C=C6)C=C5)c4ccc([nH]4)c(-c4ccc(C)cc4)c4nc(cc5ccc2[nH]5)C=C4)C=C3)cc1. The summed E-state index contributed by atoms with van der Waals surface area (Å²) in [5.41, 5.74) is 28.2. The van der Waals surface area contributed by atoms with E-state index in [0.717, 1.165) is 156 Å². The summed E-state index contributed by atoms with van der Waals surface area (Å²) in [6.07, 6.45) is 17.1. The van der Waals surface area contributed by atoms with Crippen molar-refractivity contribution >= 4 is 92.7 Å². The van der Waals surface area contributed by atoms with Gasteiger partial charge in [-0.2, -0.15) is 0 Å². The minimum Gasteiger partial charge on any atom is -0.355 e. The Morgan fingerprint density at radius 3 is 0.875 bits per heavy atom. The normalized spacial score (nSPS) is 12.4. The van der Waals surface area contributed by atoms with Crippen LogP contribution in [0.3, 0.4) is 0 Å². The number of fused-ring (bicyclic) bond motifs is 16. The Morgan fingerprint density at radius 2 is 0.512 bits per heavy atom. The van der Waals surface area contributed by atoms with Gasteiger partial charge in [-0.1, -0.05) is 151 Å². The predicted molar refractivity (Wildman–Crippen MR) is 333 cm³/mol. The standard InChI is InChI=1S/C72H50N8/c1-43-18-22-48(23-19-43)69-52-28-26-50(73-52)42-51-27-29-53(74-51)70(49-24-20-44(2)21-25-49)61-37-41-65(80-61)72(64-40-36-60(69)79-64)71-62-38-34-58(77-62)67(46-14-8-4-9-15-46)56-32-30-54(75-56)66(45-12-6-3-7-13-45)55-31-33-57(76-55)68(47-16-10-5-11-17-47)59-35-39-63(71)78-59/h3-42,73,75,78,80H,1-2H3. The highest BCUT2D eigenvalue weighted by molar-refractivity contribution is 6.05. The van der Waals surface area contributed by atoms with Crippen molar-refractivity contribution in [1.82, 2.24) is 39.9 Å². The summed E-state index contributed by atoms with van der Waals surface area (Å²) in [7, 11) is 0. The fourth-order valence-electron chi connectivity index (χ4n) is 11.6. The number of rotatable bonds is 6. The van der Waals surface area contributed by atoms with Crippen molar-refractivity contribution in [3.05, 3.63) is 251 Å². The monoisotopic (exact) mass is 1030 g/mol. The summed E-state index contributed by atoms with van der Waals surface area (Å²) >= 11 is 0. The molecule has 0 aliphatic carbocycles. The van der Waals surface area contributed by atoms with E-state index in [1.54, 1.807) is 0 Å². The van der Waals surface area contributed by atoms with Crippen LogP contribution in [0, 0.1) is 13.8 Å². The van der Waals surface area contributed by atoms with E-state index in [2.05, 4.69) is 277 Å². The average molecular weight is 1030 g/mol. The molecule has 4 N–H and O–H groups in total. The smallest absolute Gasteiger partial charge is 0.0738 e. The van der Waals surface area contributed by atoms with Gasteiger partial charge in [0.15, 0.2) is 0 Å². The number of nitrogens with one attached hydrogen (secondary N) is 4. The molecule has 8 heteroatoms. The molecule has 0 spiro atoms. The van der Waals surface area contributed by atoms with Gasteiger partial charge >= 0.3 is 0 Å². The van der Waals surface area contributed by atoms with Gasteiger partial charge in [0.05, 0.1) is 45.6 Å². The molecule has 0 atom stereocenters. The van der Waals surface area contributed by atoms with Crippen molar-refractivity contribution in [2.45, 2.75) is 13.8 Å². The zero-order valence-electron chi connectivity index (χ0n) is 43.9. The van der Waals surface area contributed by atoms with Crippen LogP contribution in [0.4, 0.5) is 0 Å². The van der Waals surface area contributed by atoms with Crippen molar-refractivity contribution in [2.75, 3.05) is 0 Å². The molecule has 0 amide bonds. The lowest BCUT2D eigenvalue weighted by atomic mass is 10.0. The van der Waals surface area contributed by atoms with Crippen molar-refractivity contribution in [1.29, 1.82) is 0 Å². The van der Waals surface area contributed by atoms with E-state index in [0.29, 0.717) is 0 Å². The number of aryl methyl sites for hydroxylation is 2. The summed E-state index contributed by atoms with van der Waals surface area (Å²) in [5, 5.41) is 0.